The molecule has 3 nitrogen and oxygen atoms in total. The average molecular weight is 272 g/mol. The number of nitrogens with zero attached hydrogens (tertiary/aromatic N) is 1. The van der Waals surface area contributed by atoms with Crippen molar-refractivity contribution >= 4 is 11.6 Å². The summed E-state index contributed by atoms with van der Waals surface area (Å²) in [5, 5.41) is 10.2. The zero-order chi connectivity index (χ0) is 14.2. The van der Waals surface area contributed by atoms with Crippen molar-refractivity contribution in [2.75, 3.05) is 5.32 Å². The van der Waals surface area contributed by atoms with Gasteiger partial charge >= 0.3 is 0 Å². The molecule has 1 aliphatic rings. The highest BCUT2D eigenvalue weighted by molar-refractivity contribution is 5.93. The zero-order valence-electron chi connectivity index (χ0n) is 9.57. The molecule has 0 spiro atoms. The highest BCUT2D eigenvalue weighted by Crippen LogP contribution is 2.31. The monoisotopic (exact) mass is 272 g/mol. The molecule has 1 aromatic rings. The molecule has 0 unspecified atom stereocenters. The standard InChI is InChI=1S/C12H8F4N2O/c13-7-6(4-17)8(14)10(16)11(9(7)15)18-12(19)5-2-1-3-5/h5H,1-3H2,(H,18,19). The first-order valence-corrected chi connectivity index (χ1v) is 5.54. The van der Waals surface area contributed by atoms with E-state index in [4.69, 9.17) is 5.26 Å². The number of carbonyl (C=O) groups is 1. The molecule has 0 aromatic heterocycles. The van der Waals surface area contributed by atoms with E-state index in [2.05, 4.69) is 0 Å². The first kappa shape index (κ1) is 13.3. The summed E-state index contributed by atoms with van der Waals surface area (Å²) < 4.78 is 53.6. The summed E-state index contributed by atoms with van der Waals surface area (Å²) in [6, 6.07) is 1.03. The van der Waals surface area contributed by atoms with Crippen LogP contribution < -0.4 is 5.32 Å². The van der Waals surface area contributed by atoms with Crippen LogP contribution in [0, 0.1) is 40.5 Å². The van der Waals surface area contributed by atoms with Gasteiger partial charge in [-0.3, -0.25) is 4.79 Å². The third-order valence-corrected chi connectivity index (χ3v) is 3.10. The molecule has 0 atom stereocenters. The maximum Gasteiger partial charge on any atom is 0.227 e. The van der Waals surface area contributed by atoms with E-state index >= 15 is 0 Å². The molecular weight excluding hydrogens is 264 g/mol. The van der Waals surface area contributed by atoms with E-state index in [0.29, 0.717) is 12.8 Å². The largest absolute Gasteiger partial charge is 0.321 e. The summed E-state index contributed by atoms with van der Waals surface area (Å²) in [5.41, 5.74) is -2.54. The number of hydrogen-bond donors (Lipinski definition) is 1. The van der Waals surface area contributed by atoms with Gasteiger partial charge in [0, 0.05) is 5.92 Å². The van der Waals surface area contributed by atoms with Gasteiger partial charge in [-0.05, 0) is 12.8 Å². The maximum atomic E-state index is 13.5. The second-order valence-electron chi connectivity index (χ2n) is 4.23. The van der Waals surface area contributed by atoms with Gasteiger partial charge in [0.2, 0.25) is 5.91 Å². The Labute approximate surface area is 105 Å². The van der Waals surface area contributed by atoms with Crippen LogP contribution in [0.15, 0.2) is 0 Å². The summed E-state index contributed by atoms with van der Waals surface area (Å²) in [5.74, 6) is -8.27. The van der Waals surface area contributed by atoms with Crippen LogP contribution in [0.1, 0.15) is 24.8 Å². The number of nitrogens with one attached hydrogen (secondary N) is 1. The van der Waals surface area contributed by atoms with Crippen LogP contribution >= 0.6 is 0 Å². The Bertz CT molecular complexity index is 561. The van der Waals surface area contributed by atoms with Gasteiger partial charge in [0.15, 0.2) is 23.3 Å². The van der Waals surface area contributed by atoms with Crippen LogP contribution in [0.5, 0.6) is 0 Å². The molecule has 1 aliphatic carbocycles. The predicted molar refractivity (Wildman–Crippen MR) is 57.0 cm³/mol. The van der Waals surface area contributed by atoms with E-state index in [-0.39, 0.29) is 0 Å². The summed E-state index contributed by atoms with van der Waals surface area (Å²) in [6.45, 7) is 0. The molecule has 0 heterocycles. The maximum absolute atomic E-state index is 13.5. The average Bonchev–Trinajstić information content (AvgIpc) is 2.31. The molecule has 7 heteroatoms. The number of carbonyl (C=O) groups excluding carboxylic acids is 1. The topological polar surface area (TPSA) is 52.9 Å². The Morgan fingerprint density at radius 1 is 1.11 bits per heavy atom. The number of anilines is 1. The molecule has 1 aromatic carbocycles. The Hall–Kier alpha value is -2.10. The fraction of sp³-hybridized carbons (Fsp3) is 0.333. The zero-order valence-corrected chi connectivity index (χ0v) is 9.57. The number of hydrogen-bond acceptors (Lipinski definition) is 2. The first-order chi connectivity index (χ1) is 8.97. The van der Waals surface area contributed by atoms with Crippen LogP contribution in [-0.4, -0.2) is 5.91 Å². The van der Waals surface area contributed by atoms with E-state index in [1.54, 1.807) is 0 Å². The molecule has 0 saturated heterocycles. The van der Waals surface area contributed by atoms with Crippen molar-refractivity contribution in [2.45, 2.75) is 19.3 Å². The Balaban J connectivity index is 2.40. The van der Waals surface area contributed by atoms with E-state index in [1.807, 2.05) is 5.32 Å². The van der Waals surface area contributed by atoms with Crippen molar-refractivity contribution in [1.82, 2.24) is 0 Å². The number of halogens is 4. The van der Waals surface area contributed by atoms with Crippen LogP contribution in [0.25, 0.3) is 0 Å². The Morgan fingerprint density at radius 3 is 2.00 bits per heavy atom. The van der Waals surface area contributed by atoms with Crippen LogP contribution in [0.3, 0.4) is 0 Å². The van der Waals surface area contributed by atoms with Gasteiger partial charge in [0.25, 0.3) is 0 Å². The van der Waals surface area contributed by atoms with Gasteiger partial charge in [0.05, 0.1) is 0 Å². The minimum Gasteiger partial charge on any atom is -0.321 e. The minimum absolute atomic E-state index is 0.402. The molecule has 0 aliphatic heterocycles. The van der Waals surface area contributed by atoms with E-state index in [1.165, 1.54) is 0 Å². The van der Waals surface area contributed by atoms with Crippen LogP contribution in [-0.2, 0) is 4.79 Å². The molecule has 1 saturated carbocycles. The number of nitriles is 1. The van der Waals surface area contributed by atoms with Gasteiger partial charge in [-0.2, -0.15) is 5.26 Å². The molecule has 0 bridgehead atoms. The number of amides is 1. The van der Waals surface area contributed by atoms with E-state index in [9.17, 15) is 22.4 Å². The predicted octanol–water partition coefficient (Wildman–Crippen LogP) is 2.85. The van der Waals surface area contributed by atoms with Crippen molar-refractivity contribution < 1.29 is 22.4 Å². The molecule has 19 heavy (non-hydrogen) atoms. The second kappa shape index (κ2) is 4.88. The van der Waals surface area contributed by atoms with Crippen molar-refractivity contribution in [3.05, 3.63) is 28.8 Å². The Morgan fingerprint density at radius 2 is 1.63 bits per heavy atom. The third-order valence-electron chi connectivity index (χ3n) is 3.10. The number of rotatable bonds is 2. The Kier molecular flexibility index (Phi) is 3.42. The van der Waals surface area contributed by atoms with Crippen molar-refractivity contribution in [1.29, 1.82) is 5.26 Å². The fourth-order valence-electron chi connectivity index (χ4n) is 1.74. The summed E-state index contributed by atoms with van der Waals surface area (Å²) in [4.78, 5) is 11.5. The normalized spacial score (nSPS) is 14.7. The van der Waals surface area contributed by atoms with Crippen LogP contribution in [0.4, 0.5) is 23.2 Å². The number of benzene rings is 1. The summed E-state index contributed by atoms with van der Waals surface area (Å²) >= 11 is 0. The fourth-order valence-corrected chi connectivity index (χ4v) is 1.74. The van der Waals surface area contributed by atoms with Gasteiger partial charge in [-0.25, -0.2) is 17.6 Å². The van der Waals surface area contributed by atoms with E-state index in [0.717, 1.165) is 12.5 Å². The van der Waals surface area contributed by atoms with Gasteiger partial charge < -0.3 is 5.32 Å². The highest BCUT2D eigenvalue weighted by Gasteiger charge is 2.30. The van der Waals surface area contributed by atoms with Gasteiger partial charge in [0.1, 0.15) is 17.3 Å². The van der Waals surface area contributed by atoms with Gasteiger partial charge in [-0.15, -0.1) is 0 Å². The molecule has 1 amide bonds. The lowest BCUT2D eigenvalue weighted by Gasteiger charge is -2.24. The SMILES string of the molecule is N#Cc1c(F)c(F)c(NC(=O)C2CCC2)c(F)c1F. The van der Waals surface area contributed by atoms with Crippen molar-refractivity contribution in [3.63, 3.8) is 0 Å². The smallest absolute Gasteiger partial charge is 0.227 e. The van der Waals surface area contributed by atoms with Crippen molar-refractivity contribution in [3.8, 4) is 6.07 Å². The molecule has 100 valence electrons. The first-order valence-electron chi connectivity index (χ1n) is 5.54. The molecule has 2 rings (SSSR count). The minimum atomic E-state index is -1.81. The van der Waals surface area contributed by atoms with Gasteiger partial charge in [-0.1, -0.05) is 6.42 Å². The highest BCUT2D eigenvalue weighted by atomic mass is 19.2. The molecular formula is C12H8F4N2O. The molecule has 1 N–H and O–H groups in total. The molecule has 0 radical (unpaired) electrons. The summed E-state index contributed by atoms with van der Waals surface area (Å²) in [6.07, 6.45) is 1.95. The lowest BCUT2D eigenvalue weighted by molar-refractivity contribution is -0.122. The lowest BCUT2D eigenvalue weighted by Crippen LogP contribution is -2.29. The van der Waals surface area contributed by atoms with E-state index < -0.39 is 46.3 Å². The lowest BCUT2D eigenvalue weighted by atomic mass is 9.85. The third kappa shape index (κ3) is 2.14. The quantitative estimate of drug-likeness (QED) is 0.664. The molecule has 1 fully saturated rings. The van der Waals surface area contributed by atoms with Crippen molar-refractivity contribution in [2.24, 2.45) is 5.92 Å². The second-order valence-corrected chi connectivity index (χ2v) is 4.23. The van der Waals surface area contributed by atoms with Crippen LogP contribution in [0.2, 0.25) is 0 Å². The summed E-state index contributed by atoms with van der Waals surface area (Å²) in [7, 11) is 0.